The largest absolute Gasteiger partial charge is 0.341 e. The van der Waals surface area contributed by atoms with Crippen molar-refractivity contribution in [1.29, 1.82) is 0 Å². The molecule has 0 N–H and O–H groups in total. The van der Waals surface area contributed by atoms with Crippen LogP contribution in [0.3, 0.4) is 0 Å². The Labute approximate surface area is 192 Å². The van der Waals surface area contributed by atoms with E-state index in [0.717, 1.165) is 42.8 Å². The predicted molar refractivity (Wildman–Crippen MR) is 124 cm³/mol. The van der Waals surface area contributed by atoms with Crippen LogP contribution in [0.4, 0.5) is 5.95 Å². The number of aromatic nitrogens is 4. The zero-order chi connectivity index (χ0) is 21.9. The highest BCUT2D eigenvalue weighted by atomic mass is 35.5. The number of allylic oxidation sites excluding steroid dienone is 1. The van der Waals surface area contributed by atoms with Crippen molar-refractivity contribution in [3.63, 3.8) is 0 Å². The second kappa shape index (κ2) is 9.12. The predicted octanol–water partition coefficient (Wildman–Crippen LogP) is 4.18. The minimum atomic E-state index is -0.197. The zero-order valence-electron chi connectivity index (χ0n) is 17.8. The normalized spacial score (nSPS) is 18.7. The van der Waals surface area contributed by atoms with Crippen molar-refractivity contribution in [3.8, 4) is 0 Å². The topological polar surface area (TPSA) is 67.2 Å². The first-order valence-electron chi connectivity index (χ1n) is 11.1. The number of rotatable bonds is 4. The summed E-state index contributed by atoms with van der Waals surface area (Å²) < 4.78 is 1.77. The molecule has 0 aliphatic carbocycles. The molecule has 0 spiro atoms. The van der Waals surface area contributed by atoms with Crippen LogP contribution in [0, 0.1) is 0 Å². The number of hydrogen-bond acceptors (Lipinski definition) is 5. The van der Waals surface area contributed by atoms with Gasteiger partial charge in [-0.05, 0) is 52.6 Å². The highest BCUT2D eigenvalue weighted by Crippen LogP contribution is 2.36. The lowest BCUT2D eigenvalue weighted by molar-refractivity contribution is -0.129. The van der Waals surface area contributed by atoms with E-state index in [0.29, 0.717) is 11.0 Å². The van der Waals surface area contributed by atoms with Gasteiger partial charge in [0.25, 0.3) is 5.95 Å². The molecular formula is C24H25ClN6O. The van der Waals surface area contributed by atoms with Crippen LogP contribution in [-0.4, -0.2) is 50.6 Å². The lowest BCUT2D eigenvalue weighted by atomic mass is 10.0. The van der Waals surface area contributed by atoms with Crippen LogP contribution in [0.15, 0.2) is 60.7 Å². The summed E-state index contributed by atoms with van der Waals surface area (Å²) in [6.45, 7) is 1.83. The average molecular weight is 449 g/mol. The molecule has 3 heterocycles. The van der Waals surface area contributed by atoms with Gasteiger partial charge in [0.1, 0.15) is 12.6 Å². The van der Waals surface area contributed by atoms with Gasteiger partial charge < -0.3 is 4.90 Å². The quantitative estimate of drug-likeness (QED) is 0.599. The van der Waals surface area contributed by atoms with Gasteiger partial charge in [-0.15, -0.1) is 0 Å². The summed E-state index contributed by atoms with van der Waals surface area (Å²) in [4.78, 5) is 17.2. The van der Waals surface area contributed by atoms with Gasteiger partial charge in [0.05, 0.1) is 5.70 Å². The van der Waals surface area contributed by atoms with E-state index in [9.17, 15) is 4.79 Å². The number of fused-ring (bicyclic) bond motifs is 1. The summed E-state index contributed by atoms with van der Waals surface area (Å²) >= 11 is 6.11. The number of tetrazole rings is 1. The first kappa shape index (κ1) is 20.7. The standard InChI is InChI=1S/C24H25ClN6O/c25-20-12-10-19(11-13-20)22-16-21(18-8-4-3-5-9-18)30(24-26-27-28-31(22)24)17-23(32)29-14-6-1-2-7-15-29/h3-5,8-13,16,22H,1-2,6-7,14-15,17H2/t22-/m0/s1. The second-order valence-electron chi connectivity index (χ2n) is 8.22. The van der Waals surface area contributed by atoms with E-state index in [1.807, 2.05) is 64.4 Å². The number of benzene rings is 2. The summed E-state index contributed by atoms with van der Waals surface area (Å²) in [6, 6.07) is 17.6. The van der Waals surface area contributed by atoms with Gasteiger partial charge in [0, 0.05) is 18.1 Å². The molecule has 2 aliphatic heterocycles. The Hall–Kier alpha value is -3.19. The number of likely N-dealkylation sites (tertiary alicyclic amines) is 1. The SMILES string of the molecule is O=C(CN1C(c2ccccc2)=C[C@@H](c2ccc(Cl)cc2)n2nnnc21)N1CCCCCC1. The molecule has 0 saturated carbocycles. The number of halogens is 1. The number of carbonyl (C=O) groups is 1. The summed E-state index contributed by atoms with van der Waals surface area (Å²) in [7, 11) is 0. The van der Waals surface area contributed by atoms with Crippen molar-refractivity contribution in [3.05, 3.63) is 76.8 Å². The van der Waals surface area contributed by atoms with Crippen LogP contribution in [0.5, 0.6) is 0 Å². The maximum Gasteiger partial charge on any atom is 0.251 e. The van der Waals surface area contributed by atoms with Gasteiger partial charge in [-0.25, -0.2) is 0 Å². The highest BCUT2D eigenvalue weighted by molar-refractivity contribution is 6.30. The first-order valence-corrected chi connectivity index (χ1v) is 11.4. The minimum Gasteiger partial charge on any atom is -0.341 e. The molecule has 1 aromatic heterocycles. The third-order valence-corrected chi connectivity index (χ3v) is 6.37. The monoisotopic (exact) mass is 448 g/mol. The Balaban J connectivity index is 1.54. The second-order valence-corrected chi connectivity index (χ2v) is 8.66. The van der Waals surface area contributed by atoms with Crippen LogP contribution in [0.25, 0.3) is 5.70 Å². The van der Waals surface area contributed by atoms with Gasteiger partial charge in [0.2, 0.25) is 5.91 Å². The molecule has 32 heavy (non-hydrogen) atoms. The van der Waals surface area contributed by atoms with E-state index >= 15 is 0 Å². The third-order valence-electron chi connectivity index (χ3n) is 6.12. The molecule has 1 amide bonds. The average Bonchev–Trinajstić information content (AvgIpc) is 3.15. The van der Waals surface area contributed by atoms with Crippen molar-refractivity contribution in [2.75, 3.05) is 24.5 Å². The van der Waals surface area contributed by atoms with Crippen LogP contribution in [0.2, 0.25) is 5.02 Å². The van der Waals surface area contributed by atoms with Gasteiger partial charge in [-0.2, -0.15) is 4.68 Å². The zero-order valence-corrected chi connectivity index (χ0v) is 18.5. The van der Waals surface area contributed by atoms with Gasteiger partial charge in [-0.1, -0.05) is 72.0 Å². The molecule has 2 aromatic carbocycles. The van der Waals surface area contributed by atoms with Crippen LogP contribution in [0.1, 0.15) is 42.9 Å². The van der Waals surface area contributed by atoms with E-state index in [-0.39, 0.29) is 18.5 Å². The lowest BCUT2D eigenvalue weighted by Gasteiger charge is -2.34. The number of amides is 1. The van der Waals surface area contributed by atoms with E-state index in [2.05, 4.69) is 21.6 Å². The third kappa shape index (κ3) is 4.12. The molecule has 8 heteroatoms. The van der Waals surface area contributed by atoms with Crippen molar-refractivity contribution in [1.82, 2.24) is 25.1 Å². The highest BCUT2D eigenvalue weighted by Gasteiger charge is 2.32. The fourth-order valence-electron chi connectivity index (χ4n) is 4.43. The Morgan fingerprint density at radius 1 is 0.969 bits per heavy atom. The van der Waals surface area contributed by atoms with Gasteiger partial charge in [-0.3, -0.25) is 9.69 Å². The minimum absolute atomic E-state index is 0.105. The number of hydrogen-bond donors (Lipinski definition) is 0. The number of nitrogens with zero attached hydrogens (tertiary/aromatic N) is 6. The molecule has 7 nitrogen and oxygen atoms in total. The lowest BCUT2D eigenvalue weighted by Crippen LogP contribution is -2.42. The van der Waals surface area contributed by atoms with Crippen molar-refractivity contribution >= 4 is 29.2 Å². The summed E-state index contributed by atoms with van der Waals surface area (Å²) in [6.07, 6.45) is 6.61. The van der Waals surface area contributed by atoms with Gasteiger partial charge in [0.15, 0.2) is 0 Å². The molecule has 5 rings (SSSR count). The van der Waals surface area contributed by atoms with E-state index < -0.39 is 0 Å². The smallest absolute Gasteiger partial charge is 0.251 e. The van der Waals surface area contributed by atoms with Gasteiger partial charge >= 0.3 is 0 Å². The van der Waals surface area contributed by atoms with Crippen LogP contribution >= 0.6 is 11.6 Å². The molecule has 1 atom stereocenters. The first-order chi connectivity index (χ1) is 15.7. The number of anilines is 1. The van der Waals surface area contributed by atoms with E-state index in [4.69, 9.17) is 11.6 Å². The van der Waals surface area contributed by atoms with Crippen LogP contribution < -0.4 is 4.90 Å². The van der Waals surface area contributed by atoms with Crippen molar-refractivity contribution in [2.45, 2.75) is 31.7 Å². The molecule has 2 aliphatic rings. The fraction of sp³-hybridized carbons (Fsp3) is 0.333. The summed E-state index contributed by atoms with van der Waals surface area (Å²) in [5.41, 5.74) is 2.97. The summed E-state index contributed by atoms with van der Waals surface area (Å²) in [5.74, 6) is 0.669. The Kier molecular flexibility index (Phi) is 5.90. The maximum absolute atomic E-state index is 13.3. The molecule has 164 valence electrons. The fourth-order valence-corrected chi connectivity index (χ4v) is 4.56. The molecule has 1 fully saturated rings. The molecule has 0 unspecified atom stereocenters. The molecular weight excluding hydrogens is 424 g/mol. The maximum atomic E-state index is 13.3. The Morgan fingerprint density at radius 3 is 2.41 bits per heavy atom. The van der Waals surface area contributed by atoms with E-state index in [1.54, 1.807) is 4.68 Å². The Morgan fingerprint density at radius 2 is 1.69 bits per heavy atom. The van der Waals surface area contributed by atoms with Crippen LogP contribution in [-0.2, 0) is 4.79 Å². The van der Waals surface area contributed by atoms with Crippen molar-refractivity contribution in [2.24, 2.45) is 0 Å². The molecule has 0 radical (unpaired) electrons. The molecule has 1 saturated heterocycles. The van der Waals surface area contributed by atoms with E-state index in [1.165, 1.54) is 12.8 Å². The van der Waals surface area contributed by atoms with Crippen molar-refractivity contribution < 1.29 is 4.79 Å². The summed E-state index contributed by atoms with van der Waals surface area (Å²) in [5, 5.41) is 13.2. The molecule has 0 bridgehead atoms. The Bertz CT molecular complexity index is 1100. The molecule has 3 aromatic rings. The number of carbonyl (C=O) groups excluding carboxylic acids is 1.